The van der Waals surface area contributed by atoms with E-state index >= 15 is 0 Å². The van der Waals surface area contributed by atoms with Crippen molar-refractivity contribution in [2.75, 3.05) is 6.54 Å². The van der Waals surface area contributed by atoms with Crippen LogP contribution in [0.15, 0.2) is 30.5 Å². The van der Waals surface area contributed by atoms with Crippen molar-refractivity contribution in [3.8, 4) is 0 Å². The van der Waals surface area contributed by atoms with E-state index in [1.165, 1.54) is 12.8 Å². The Balaban J connectivity index is 1.75. The minimum Gasteiger partial charge on any atom is -0.361 e. The van der Waals surface area contributed by atoms with Gasteiger partial charge in [0.1, 0.15) is 0 Å². The van der Waals surface area contributed by atoms with E-state index in [9.17, 15) is 4.79 Å². The number of hydrogen-bond acceptors (Lipinski definition) is 1. The summed E-state index contributed by atoms with van der Waals surface area (Å²) in [6.07, 6.45) is 4.34. The predicted molar refractivity (Wildman–Crippen MR) is 68.0 cm³/mol. The van der Waals surface area contributed by atoms with Crippen molar-refractivity contribution in [2.45, 2.75) is 19.8 Å². The zero-order valence-electron chi connectivity index (χ0n) is 9.92. The molecule has 0 atom stereocenters. The van der Waals surface area contributed by atoms with E-state index in [0.717, 1.165) is 23.0 Å². The van der Waals surface area contributed by atoms with Crippen molar-refractivity contribution in [1.29, 1.82) is 0 Å². The normalized spacial score (nSPS) is 17.0. The average molecular weight is 228 g/mol. The first-order valence-electron chi connectivity index (χ1n) is 6.02. The van der Waals surface area contributed by atoms with Crippen molar-refractivity contribution >= 4 is 16.8 Å². The molecule has 0 radical (unpaired) electrons. The molecule has 1 fully saturated rings. The summed E-state index contributed by atoms with van der Waals surface area (Å²) in [7, 11) is 0. The largest absolute Gasteiger partial charge is 0.361 e. The molecule has 1 amide bonds. The van der Waals surface area contributed by atoms with Gasteiger partial charge in [-0.25, -0.2) is 0 Å². The number of hydrogen-bond donors (Lipinski definition) is 2. The van der Waals surface area contributed by atoms with Gasteiger partial charge in [-0.15, -0.1) is 0 Å². The number of rotatable bonds is 3. The fourth-order valence-corrected chi connectivity index (χ4v) is 1.97. The lowest BCUT2D eigenvalue weighted by Gasteiger charge is -2.10. The third kappa shape index (κ3) is 2.05. The lowest BCUT2D eigenvalue weighted by atomic mass is 10.1. The van der Waals surface area contributed by atoms with Crippen LogP contribution in [0.4, 0.5) is 0 Å². The van der Waals surface area contributed by atoms with E-state index in [1.807, 2.05) is 30.5 Å². The Hall–Kier alpha value is -1.77. The van der Waals surface area contributed by atoms with Crippen molar-refractivity contribution in [1.82, 2.24) is 10.3 Å². The lowest BCUT2D eigenvalue weighted by Crippen LogP contribution is -2.28. The number of amides is 1. The maximum atomic E-state index is 12.0. The monoisotopic (exact) mass is 228 g/mol. The quantitative estimate of drug-likeness (QED) is 0.833. The third-order valence-electron chi connectivity index (χ3n) is 3.60. The molecule has 2 aromatic rings. The van der Waals surface area contributed by atoms with E-state index in [-0.39, 0.29) is 5.91 Å². The molecule has 1 aliphatic rings. The minimum absolute atomic E-state index is 0.0228. The van der Waals surface area contributed by atoms with Crippen molar-refractivity contribution < 1.29 is 4.79 Å². The molecule has 0 bridgehead atoms. The highest BCUT2D eigenvalue weighted by atomic mass is 16.1. The molecular formula is C14H16N2O. The van der Waals surface area contributed by atoms with Crippen LogP contribution in [-0.2, 0) is 0 Å². The molecule has 0 saturated heterocycles. The van der Waals surface area contributed by atoms with Gasteiger partial charge >= 0.3 is 0 Å². The average Bonchev–Trinajstić information content (AvgIpc) is 2.90. The lowest BCUT2D eigenvalue weighted by molar-refractivity contribution is 0.0946. The molecule has 0 aliphatic heterocycles. The standard InChI is InChI=1S/C14H16N2O/c1-14(5-6-14)9-16-13(17)11-3-2-10-4-7-15-12(10)8-11/h2-4,7-8,15H,5-6,9H2,1H3,(H,16,17). The van der Waals surface area contributed by atoms with Crippen LogP contribution < -0.4 is 5.32 Å². The third-order valence-corrected chi connectivity index (χ3v) is 3.60. The molecule has 1 heterocycles. The van der Waals surface area contributed by atoms with Crippen LogP contribution in [0.2, 0.25) is 0 Å². The number of aromatic nitrogens is 1. The summed E-state index contributed by atoms with van der Waals surface area (Å²) in [6, 6.07) is 7.75. The predicted octanol–water partition coefficient (Wildman–Crippen LogP) is 2.70. The van der Waals surface area contributed by atoms with Crippen LogP contribution in [0.5, 0.6) is 0 Å². The number of carbonyl (C=O) groups is 1. The summed E-state index contributed by atoms with van der Waals surface area (Å²) in [4.78, 5) is 15.1. The summed E-state index contributed by atoms with van der Waals surface area (Å²) in [5, 5.41) is 4.14. The fourth-order valence-electron chi connectivity index (χ4n) is 1.97. The van der Waals surface area contributed by atoms with Gasteiger partial charge in [0, 0.05) is 23.8 Å². The summed E-state index contributed by atoms with van der Waals surface area (Å²) < 4.78 is 0. The summed E-state index contributed by atoms with van der Waals surface area (Å²) >= 11 is 0. The second kappa shape index (κ2) is 3.62. The SMILES string of the molecule is CC1(CNC(=O)c2ccc3cc[nH]c3c2)CC1. The van der Waals surface area contributed by atoms with Crippen molar-refractivity contribution in [2.24, 2.45) is 5.41 Å². The maximum Gasteiger partial charge on any atom is 0.251 e. The van der Waals surface area contributed by atoms with Crippen LogP contribution in [0.25, 0.3) is 10.9 Å². The second-order valence-electron chi connectivity index (χ2n) is 5.27. The first kappa shape index (κ1) is 10.4. The zero-order valence-corrected chi connectivity index (χ0v) is 9.92. The van der Waals surface area contributed by atoms with Gasteiger partial charge in [0.05, 0.1) is 0 Å². The topological polar surface area (TPSA) is 44.9 Å². The Labute approximate surface area is 100 Å². The molecule has 0 spiro atoms. The maximum absolute atomic E-state index is 12.0. The molecule has 2 N–H and O–H groups in total. The molecule has 1 aromatic heterocycles. The van der Waals surface area contributed by atoms with E-state index in [4.69, 9.17) is 0 Å². The van der Waals surface area contributed by atoms with E-state index in [2.05, 4.69) is 17.2 Å². The Morgan fingerprint density at radius 3 is 3.00 bits per heavy atom. The number of carbonyl (C=O) groups excluding carboxylic acids is 1. The Bertz CT molecular complexity index is 566. The number of aromatic amines is 1. The summed E-state index contributed by atoms with van der Waals surface area (Å²) in [5.41, 5.74) is 2.09. The van der Waals surface area contributed by atoms with Gasteiger partial charge in [-0.2, -0.15) is 0 Å². The number of H-pyrrole nitrogens is 1. The summed E-state index contributed by atoms with van der Waals surface area (Å²) in [5.74, 6) is 0.0228. The van der Waals surface area contributed by atoms with Gasteiger partial charge in [0.15, 0.2) is 0 Å². The molecule has 88 valence electrons. The van der Waals surface area contributed by atoms with Crippen LogP contribution in [0, 0.1) is 5.41 Å². The number of benzene rings is 1. The van der Waals surface area contributed by atoms with Gasteiger partial charge < -0.3 is 10.3 Å². The van der Waals surface area contributed by atoms with Gasteiger partial charge in [0.2, 0.25) is 0 Å². The highest BCUT2D eigenvalue weighted by Crippen LogP contribution is 2.44. The Kier molecular flexibility index (Phi) is 2.21. The Morgan fingerprint density at radius 2 is 2.24 bits per heavy atom. The van der Waals surface area contributed by atoms with Gasteiger partial charge in [-0.1, -0.05) is 13.0 Å². The first-order valence-corrected chi connectivity index (χ1v) is 6.02. The molecule has 3 nitrogen and oxygen atoms in total. The smallest absolute Gasteiger partial charge is 0.251 e. The molecule has 1 aliphatic carbocycles. The van der Waals surface area contributed by atoms with E-state index in [1.54, 1.807) is 0 Å². The van der Waals surface area contributed by atoms with Gasteiger partial charge in [-0.3, -0.25) is 4.79 Å². The second-order valence-corrected chi connectivity index (χ2v) is 5.27. The molecule has 17 heavy (non-hydrogen) atoms. The van der Waals surface area contributed by atoms with Gasteiger partial charge in [0.25, 0.3) is 5.91 Å². The molecule has 3 rings (SSSR count). The number of nitrogens with one attached hydrogen (secondary N) is 2. The van der Waals surface area contributed by atoms with Crippen LogP contribution >= 0.6 is 0 Å². The number of fused-ring (bicyclic) bond motifs is 1. The highest BCUT2D eigenvalue weighted by Gasteiger charge is 2.37. The first-order chi connectivity index (χ1) is 8.16. The van der Waals surface area contributed by atoms with Gasteiger partial charge in [-0.05, 0) is 41.8 Å². The molecular weight excluding hydrogens is 212 g/mol. The van der Waals surface area contributed by atoms with Crippen LogP contribution in [-0.4, -0.2) is 17.4 Å². The summed E-state index contributed by atoms with van der Waals surface area (Å²) in [6.45, 7) is 3.00. The van der Waals surface area contributed by atoms with E-state index < -0.39 is 0 Å². The highest BCUT2D eigenvalue weighted by molar-refractivity contribution is 5.97. The molecule has 1 aromatic carbocycles. The van der Waals surface area contributed by atoms with Crippen molar-refractivity contribution in [3.63, 3.8) is 0 Å². The zero-order chi connectivity index (χ0) is 11.9. The van der Waals surface area contributed by atoms with E-state index in [0.29, 0.717) is 5.41 Å². The molecule has 3 heteroatoms. The molecule has 0 unspecified atom stereocenters. The fraction of sp³-hybridized carbons (Fsp3) is 0.357. The van der Waals surface area contributed by atoms with Crippen LogP contribution in [0.3, 0.4) is 0 Å². The minimum atomic E-state index is 0.0228. The van der Waals surface area contributed by atoms with Crippen molar-refractivity contribution in [3.05, 3.63) is 36.0 Å². The Morgan fingerprint density at radius 1 is 1.41 bits per heavy atom. The molecule has 1 saturated carbocycles. The van der Waals surface area contributed by atoms with Crippen LogP contribution in [0.1, 0.15) is 30.1 Å².